The molecule has 0 amide bonds. The molecule has 7 nitrogen and oxygen atoms in total. The molecule has 8 N–H and O–H groups in total. The number of carboxylic acid groups (broad SMARTS) is 2. The third-order valence-electron chi connectivity index (χ3n) is 0. The van der Waals surface area contributed by atoms with E-state index in [1.807, 2.05) is 0 Å². The second-order valence-corrected chi connectivity index (χ2v) is 1.04. The van der Waals surface area contributed by atoms with Gasteiger partial charge >= 0.3 is 75.5 Å². The number of carbonyl (C=O) groups is 2. The molecule has 0 radical (unpaired) electrons. The molecule has 0 aromatic carbocycles. The molecule has 0 atom stereocenters. The third-order valence-corrected chi connectivity index (χ3v) is 0. The molecule has 0 bridgehead atoms. The molecule has 0 aliphatic rings. The van der Waals surface area contributed by atoms with Gasteiger partial charge in [-0.25, -0.2) is 0 Å². The van der Waals surface area contributed by atoms with Crippen molar-refractivity contribution >= 4 is 87.4 Å². The molecular weight excluding hydrogens is 240 g/mol. The van der Waals surface area contributed by atoms with Gasteiger partial charge in [0.1, 0.15) is 0 Å². The van der Waals surface area contributed by atoms with E-state index in [9.17, 15) is 0 Å². The maximum Gasteiger partial charge on any atom is 2.00 e. The summed E-state index contributed by atoms with van der Waals surface area (Å²) in [5, 5.41) is 14.8. The van der Waals surface area contributed by atoms with E-state index in [0.717, 1.165) is 13.8 Å². The molecule has 0 rings (SSSR count). The minimum atomic E-state index is -0.833. The molecule has 0 aliphatic carbocycles. The van der Waals surface area contributed by atoms with Gasteiger partial charge in [0.15, 0.2) is 0 Å². The van der Waals surface area contributed by atoms with Gasteiger partial charge in [-0.3, -0.25) is 9.59 Å². The molecule has 0 aromatic rings. The maximum atomic E-state index is 9.00. The van der Waals surface area contributed by atoms with Crippen LogP contribution in [0.4, 0.5) is 0 Å². The molecule has 0 aromatic heterocycles. The van der Waals surface area contributed by atoms with Crippen LogP contribution in [0.15, 0.2) is 0 Å². The zero-order chi connectivity index (χ0) is 7.15. The Hall–Kier alpha value is 1.34. The standard InChI is InChI=1S/2C2H4O2.2Ca.3H2O.4H/c2*1-2(3)4;;;;;;;;;/h2*1H3,(H,3,4);;;3*1H2;;;;/q;;2*+2;;;;4*-1. The quantitative estimate of drug-likeness (QED) is 0.454. The molecular formula is C4H18Ca2O7. The number of rotatable bonds is 0. The van der Waals surface area contributed by atoms with Crippen molar-refractivity contribution in [2.75, 3.05) is 0 Å². The van der Waals surface area contributed by atoms with Gasteiger partial charge in [-0.2, -0.15) is 0 Å². The van der Waals surface area contributed by atoms with Crippen LogP contribution in [0, 0.1) is 0 Å². The average molecular weight is 258 g/mol. The fourth-order valence-electron chi connectivity index (χ4n) is 0. The summed E-state index contributed by atoms with van der Waals surface area (Å²) in [7, 11) is 0. The van der Waals surface area contributed by atoms with Crippen molar-refractivity contribution in [1.82, 2.24) is 0 Å². The second-order valence-electron chi connectivity index (χ2n) is 1.04. The third kappa shape index (κ3) is 956. The van der Waals surface area contributed by atoms with E-state index in [2.05, 4.69) is 0 Å². The van der Waals surface area contributed by atoms with Gasteiger partial charge in [-0.15, -0.1) is 0 Å². The van der Waals surface area contributed by atoms with Gasteiger partial charge in [0, 0.05) is 13.8 Å². The van der Waals surface area contributed by atoms with E-state index in [-0.39, 0.29) is 97.6 Å². The van der Waals surface area contributed by atoms with Crippen LogP contribution in [0.3, 0.4) is 0 Å². The van der Waals surface area contributed by atoms with Crippen LogP contribution in [-0.2, 0) is 9.59 Å². The topological polar surface area (TPSA) is 169 Å². The van der Waals surface area contributed by atoms with Gasteiger partial charge < -0.3 is 32.3 Å². The summed E-state index contributed by atoms with van der Waals surface area (Å²) in [5.74, 6) is -1.67. The summed E-state index contributed by atoms with van der Waals surface area (Å²) in [5.41, 5.74) is 0. The van der Waals surface area contributed by atoms with Crippen LogP contribution in [-0.4, -0.2) is 114 Å². The first-order valence-electron chi connectivity index (χ1n) is 1.86. The van der Waals surface area contributed by atoms with Crippen molar-refractivity contribution in [2.45, 2.75) is 13.8 Å². The first-order chi connectivity index (χ1) is 3.46. The number of hydrogen-bond donors (Lipinski definition) is 2. The Morgan fingerprint density at radius 1 is 0.846 bits per heavy atom. The Balaban J connectivity index is -0.00000000308. The van der Waals surface area contributed by atoms with Crippen LogP contribution in [0.5, 0.6) is 0 Å². The summed E-state index contributed by atoms with van der Waals surface area (Å²) in [6.07, 6.45) is 0. The van der Waals surface area contributed by atoms with Gasteiger partial charge in [0.05, 0.1) is 0 Å². The Bertz CT molecular complexity index is 89.9. The van der Waals surface area contributed by atoms with E-state index < -0.39 is 11.9 Å². The number of carboxylic acids is 2. The fraction of sp³-hybridized carbons (Fsp3) is 0.500. The summed E-state index contributed by atoms with van der Waals surface area (Å²) >= 11 is 0. The normalized spacial score (nSPS) is 3.85. The molecule has 80 valence electrons. The van der Waals surface area contributed by atoms with Gasteiger partial charge in [-0.05, 0) is 0 Å². The van der Waals surface area contributed by atoms with Crippen LogP contribution in [0.1, 0.15) is 19.6 Å². The second kappa shape index (κ2) is 37.7. The molecule has 0 heterocycles. The van der Waals surface area contributed by atoms with E-state index >= 15 is 0 Å². The van der Waals surface area contributed by atoms with Crippen molar-refractivity contribution < 1.29 is 41.9 Å². The molecule has 0 unspecified atom stereocenters. The van der Waals surface area contributed by atoms with E-state index in [1.165, 1.54) is 0 Å². The van der Waals surface area contributed by atoms with Crippen LogP contribution in [0.2, 0.25) is 0 Å². The van der Waals surface area contributed by atoms with Gasteiger partial charge in [-0.1, -0.05) is 0 Å². The monoisotopic (exact) mass is 258 g/mol. The van der Waals surface area contributed by atoms with E-state index in [4.69, 9.17) is 19.8 Å². The Kier molecular flexibility index (Phi) is 137. The van der Waals surface area contributed by atoms with Gasteiger partial charge in [0.25, 0.3) is 11.9 Å². The smallest absolute Gasteiger partial charge is 1.00 e. The largest absolute Gasteiger partial charge is 2.00 e. The van der Waals surface area contributed by atoms with Crippen molar-refractivity contribution in [2.24, 2.45) is 0 Å². The predicted molar refractivity (Wildman–Crippen MR) is 53.4 cm³/mol. The zero-order valence-corrected chi connectivity index (χ0v) is 12.0. The Morgan fingerprint density at radius 3 is 0.846 bits per heavy atom. The molecule has 0 spiro atoms. The van der Waals surface area contributed by atoms with Crippen LogP contribution < -0.4 is 0 Å². The predicted octanol–water partition coefficient (Wildman–Crippen LogP) is -2.60. The molecule has 0 saturated heterocycles. The first-order valence-corrected chi connectivity index (χ1v) is 1.86. The first kappa shape index (κ1) is 47.4. The minimum absolute atomic E-state index is 0. The van der Waals surface area contributed by atoms with Crippen LogP contribution in [0.25, 0.3) is 0 Å². The van der Waals surface area contributed by atoms with E-state index in [1.54, 1.807) is 0 Å². The Morgan fingerprint density at radius 2 is 0.846 bits per heavy atom. The Labute approximate surface area is 141 Å². The molecule has 13 heavy (non-hydrogen) atoms. The van der Waals surface area contributed by atoms with Gasteiger partial charge in [0.2, 0.25) is 0 Å². The fourth-order valence-corrected chi connectivity index (χ4v) is 0. The molecule has 0 fully saturated rings. The van der Waals surface area contributed by atoms with Crippen molar-refractivity contribution in [3.05, 3.63) is 0 Å². The molecule has 0 saturated carbocycles. The summed E-state index contributed by atoms with van der Waals surface area (Å²) < 4.78 is 0. The zero-order valence-electron chi connectivity index (χ0n) is 11.6. The van der Waals surface area contributed by atoms with E-state index in [0.29, 0.717) is 0 Å². The van der Waals surface area contributed by atoms with Crippen LogP contribution >= 0.6 is 0 Å². The molecule has 0 aliphatic heterocycles. The van der Waals surface area contributed by atoms with Crippen molar-refractivity contribution in [1.29, 1.82) is 0 Å². The summed E-state index contributed by atoms with van der Waals surface area (Å²) in [6.45, 7) is 2.17. The minimum Gasteiger partial charge on any atom is -1.00 e. The summed E-state index contributed by atoms with van der Waals surface area (Å²) in [4.78, 5) is 18.0. The average Bonchev–Trinajstić information content (AvgIpc) is 1.25. The molecule has 9 heteroatoms. The summed E-state index contributed by atoms with van der Waals surface area (Å²) in [6, 6.07) is 0. The number of aliphatic carboxylic acids is 2. The SMILES string of the molecule is CC(=O)O.CC(=O)O.O.O.O.[Ca+2].[Ca+2].[H-].[H-].[H-].[H-]. The van der Waals surface area contributed by atoms with Crippen molar-refractivity contribution in [3.63, 3.8) is 0 Å². The number of hydrogen-bond acceptors (Lipinski definition) is 2. The van der Waals surface area contributed by atoms with Crippen molar-refractivity contribution in [3.8, 4) is 0 Å². The maximum absolute atomic E-state index is 9.00.